The first-order valence-corrected chi connectivity index (χ1v) is 7.08. The number of halogens is 1. The molecule has 0 spiro atoms. The lowest BCUT2D eigenvalue weighted by molar-refractivity contribution is -0.132. The lowest BCUT2D eigenvalue weighted by atomic mass is 10.0. The summed E-state index contributed by atoms with van der Waals surface area (Å²) in [7, 11) is 0. The van der Waals surface area contributed by atoms with E-state index < -0.39 is 12.0 Å². The summed E-state index contributed by atoms with van der Waals surface area (Å²) >= 11 is 6.20. The molecule has 0 fully saturated rings. The third-order valence-corrected chi connectivity index (χ3v) is 4.23. The Morgan fingerprint density at radius 2 is 1.95 bits per heavy atom. The van der Waals surface area contributed by atoms with Crippen LogP contribution in [0.4, 0.5) is 0 Å². The third kappa shape index (κ3) is 2.25. The molecular formula is C16H14ClNO3. The molecule has 0 aromatic heterocycles. The quantitative estimate of drug-likeness (QED) is 0.872. The van der Waals surface area contributed by atoms with E-state index >= 15 is 0 Å². The minimum Gasteiger partial charge on any atom is -0.478 e. The van der Waals surface area contributed by atoms with E-state index in [4.69, 9.17) is 11.6 Å². The summed E-state index contributed by atoms with van der Waals surface area (Å²) in [5.74, 6) is -1.05. The highest BCUT2D eigenvalue weighted by atomic mass is 35.5. The summed E-state index contributed by atoms with van der Waals surface area (Å²) in [6.45, 7) is 2.46. The Morgan fingerprint density at radius 3 is 2.57 bits per heavy atom. The van der Waals surface area contributed by atoms with Crippen LogP contribution in [0.2, 0.25) is 0 Å². The number of carboxylic acids is 1. The Hall–Kier alpha value is -2.07. The van der Waals surface area contributed by atoms with Crippen LogP contribution in [0.15, 0.2) is 46.6 Å². The summed E-state index contributed by atoms with van der Waals surface area (Å²) in [4.78, 5) is 25.6. The number of rotatable bonds is 3. The van der Waals surface area contributed by atoms with E-state index in [0.29, 0.717) is 34.8 Å². The summed E-state index contributed by atoms with van der Waals surface area (Å²) in [5, 5.41) is 9.56. The van der Waals surface area contributed by atoms with E-state index in [1.807, 2.05) is 19.1 Å². The van der Waals surface area contributed by atoms with Crippen molar-refractivity contribution in [2.45, 2.75) is 19.4 Å². The van der Waals surface area contributed by atoms with Gasteiger partial charge in [-0.2, -0.15) is 0 Å². The van der Waals surface area contributed by atoms with Gasteiger partial charge in [-0.25, -0.2) is 4.79 Å². The molecule has 0 saturated heterocycles. The molecular weight excluding hydrogens is 290 g/mol. The number of allylic oxidation sites excluding steroid dienone is 1. The molecule has 21 heavy (non-hydrogen) atoms. The van der Waals surface area contributed by atoms with Crippen molar-refractivity contribution in [3.05, 3.63) is 57.8 Å². The van der Waals surface area contributed by atoms with Gasteiger partial charge >= 0.3 is 5.97 Å². The first-order chi connectivity index (χ1) is 9.99. The number of carbonyl (C=O) groups is 2. The van der Waals surface area contributed by atoms with Crippen LogP contribution < -0.4 is 0 Å². The molecule has 108 valence electrons. The topological polar surface area (TPSA) is 57.6 Å². The Balaban J connectivity index is 1.94. The predicted molar refractivity (Wildman–Crippen MR) is 79.2 cm³/mol. The Labute approximate surface area is 127 Å². The highest BCUT2D eigenvalue weighted by Gasteiger charge is 2.40. The Kier molecular flexibility index (Phi) is 3.33. The molecule has 0 radical (unpaired) electrons. The van der Waals surface area contributed by atoms with Crippen LogP contribution in [0.5, 0.6) is 0 Å². The van der Waals surface area contributed by atoms with Crippen molar-refractivity contribution in [2.75, 3.05) is 6.54 Å². The number of nitrogens with zero attached hydrogens (tertiary/aromatic N) is 1. The first-order valence-electron chi connectivity index (χ1n) is 6.70. The zero-order valence-electron chi connectivity index (χ0n) is 11.5. The second-order valence-corrected chi connectivity index (χ2v) is 5.71. The van der Waals surface area contributed by atoms with Gasteiger partial charge in [-0.05, 0) is 19.4 Å². The summed E-state index contributed by atoms with van der Waals surface area (Å²) < 4.78 is 0. The molecule has 2 aliphatic rings. The van der Waals surface area contributed by atoms with E-state index in [0.717, 1.165) is 5.56 Å². The fourth-order valence-corrected chi connectivity index (χ4v) is 3.13. The fraction of sp³-hybridized carbons (Fsp3) is 0.250. The highest BCUT2D eigenvalue weighted by molar-refractivity contribution is 6.33. The number of aryl methyl sites for hydroxylation is 1. The normalized spacial score (nSPS) is 20.6. The number of fused-ring (bicyclic) bond motifs is 1. The first kappa shape index (κ1) is 13.9. The van der Waals surface area contributed by atoms with Crippen LogP contribution in [0.1, 0.15) is 22.3 Å². The van der Waals surface area contributed by atoms with E-state index in [1.165, 1.54) is 0 Å². The van der Waals surface area contributed by atoms with Gasteiger partial charge in [0.2, 0.25) is 0 Å². The molecule has 5 heteroatoms. The number of ketones is 1. The van der Waals surface area contributed by atoms with Crippen molar-refractivity contribution in [2.24, 2.45) is 0 Å². The van der Waals surface area contributed by atoms with Gasteiger partial charge in [-0.15, -0.1) is 0 Å². The van der Waals surface area contributed by atoms with Gasteiger partial charge in [0.25, 0.3) is 0 Å². The number of hydrogen-bond donors (Lipinski definition) is 1. The smallest absolute Gasteiger partial charge is 0.333 e. The van der Waals surface area contributed by atoms with Crippen molar-refractivity contribution in [3.63, 3.8) is 0 Å². The van der Waals surface area contributed by atoms with Crippen molar-refractivity contribution in [3.8, 4) is 0 Å². The van der Waals surface area contributed by atoms with Crippen LogP contribution in [-0.4, -0.2) is 34.3 Å². The number of aliphatic carboxylic acids is 1. The van der Waals surface area contributed by atoms with Crippen LogP contribution in [0, 0.1) is 6.92 Å². The molecule has 1 N–H and O–H groups in total. The van der Waals surface area contributed by atoms with Gasteiger partial charge in [-0.1, -0.05) is 41.4 Å². The molecule has 2 heterocycles. The van der Waals surface area contributed by atoms with Gasteiger partial charge in [0.1, 0.15) is 6.04 Å². The number of carbonyl (C=O) groups excluding carboxylic acids is 1. The van der Waals surface area contributed by atoms with Gasteiger partial charge in [0.05, 0.1) is 10.6 Å². The monoisotopic (exact) mass is 303 g/mol. The minimum atomic E-state index is -0.948. The van der Waals surface area contributed by atoms with Crippen LogP contribution in [0.25, 0.3) is 0 Å². The van der Waals surface area contributed by atoms with Crippen LogP contribution in [-0.2, 0) is 4.79 Å². The van der Waals surface area contributed by atoms with Crippen LogP contribution >= 0.6 is 11.6 Å². The maximum absolute atomic E-state index is 12.7. The second kappa shape index (κ2) is 5.04. The lowest BCUT2D eigenvalue weighted by Crippen LogP contribution is -2.35. The summed E-state index contributed by atoms with van der Waals surface area (Å²) in [6, 6.07) is 6.71. The number of carboxylic acid groups (broad SMARTS) is 1. The molecule has 0 aliphatic carbocycles. The van der Waals surface area contributed by atoms with E-state index in [1.54, 1.807) is 23.1 Å². The SMILES string of the molecule is Cc1ccc(C(=O)C2C(Cl)=CC3=C(C(=O)O)CCN32)cc1. The number of hydrogen-bond acceptors (Lipinski definition) is 3. The van der Waals surface area contributed by atoms with E-state index in [9.17, 15) is 14.7 Å². The van der Waals surface area contributed by atoms with Gasteiger partial charge in [0, 0.05) is 17.8 Å². The molecule has 1 unspecified atom stereocenters. The minimum absolute atomic E-state index is 0.0992. The highest BCUT2D eigenvalue weighted by Crippen LogP contribution is 2.38. The molecule has 2 aliphatic heterocycles. The predicted octanol–water partition coefficient (Wildman–Crippen LogP) is 2.73. The van der Waals surface area contributed by atoms with Crippen LogP contribution in [0.3, 0.4) is 0 Å². The Bertz CT molecular complexity index is 688. The standard InChI is InChI=1S/C16H14ClNO3/c1-9-2-4-10(5-3-9)15(19)14-12(17)8-13-11(16(20)21)6-7-18(13)14/h2-5,8,14H,6-7H2,1H3,(H,20,21). The largest absolute Gasteiger partial charge is 0.478 e. The molecule has 0 saturated carbocycles. The number of benzene rings is 1. The van der Waals surface area contributed by atoms with Gasteiger partial charge in [0.15, 0.2) is 5.78 Å². The van der Waals surface area contributed by atoms with E-state index in [2.05, 4.69) is 0 Å². The van der Waals surface area contributed by atoms with Gasteiger partial charge < -0.3 is 10.0 Å². The Morgan fingerprint density at radius 1 is 1.29 bits per heavy atom. The molecule has 1 aromatic rings. The van der Waals surface area contributed by atoms with Crippen molar-refractivity contribution < 1.29 is 14.7 Å². The van der Waals surface area contributed by atoms with Gasteiger partial charge in [-0.3, -0.25) is 4.79 Å². The third-order valence-electron chi connectivity index (χ3n) is 3.91. The summed E-state index contributed by atoms with van der Waals surface area (Å²) in [5.41, 5.74) is 2.56. The zero-order valence-corrected chi connectivity index (χ0v) is 12.2. The number of Topliss-reactive ketones (excluding diaryl/α,β-unsaturated/α-hetero) is 1. The fourth-order valence-electron chi connectivity index (χ4n) is 2.81. The molecule has 3 rings (SSSR count). The maximum atomic E-state index is 12.7. The molecule has 1 atom stereocenters. The molecule has 4 nitrogen and oxygen atoms in total. The van der Waals surface area contributed by atoms with E-state index in [-0.39, 0.29) is 5.78 Å². The maximum Gasteiger partial charge on any atom is 0.333 e. The van der Waals surface area contributed by atoms with Crippen molar-refractivity contribution in [1.82, 2.24) is 4.90 Å². The van der Waals surface area contributed by atoms with Crippen molar-refractivity contribution in [1.29, 1.82) is 0 Å². The molecule has 0 bridgehead atoms. The summed E-state index contributed by atoms with van der Waals surface area (Å²) in [6.07, 6.45) is 2.04. The zero-order chi connectivity index (χ0) is 15.1. The van der Waals surface area contributed by atoms with Crippen molar-refractivity contribution >= 4 is 23.4 Å². The average molecular weight is 304 g/mol. The molecule has 1 aromatic carbocycles. The second-order valence-electron chi connectivity index (χ2n) is 5.27. The molecule has 0 amide bonds. The lowest BCUT2D eigenvalue weighted by Gasteiger charge is -2.23. The average Bonchev–Trinajstić information content (AvgIpc) is 2.96.